The summed E-state index contributed by atoms with van der Waals surface area (Å²) in [4.78, 5) is 4.81. The lowest BCUT2D eigenvalue weighted by Gasteiger charge is -2.35. The number of hydrogen-bond acceptors (Lipinski definition) is 6. The number of nitrogens with zero attached hydrogens (tertiary/aromatic N) is 5. The maximum absolute atomic E-state index is 6.13. The van der Waals surface area contributed by atoms with Crippen LogP contribution in [0.4, 0.5) is 5.69 Å². The molecule has 30 heavy (non-hydrogen) atoms. The fourth-order valence-corrected chi connectivity index (χ4v) is 4.19. The minimum Gasteiger partial charge on any atom is -0.485 e. The lowest BCUT2D eigenvalue weighted by Crippen LogP contribution is -2.47. The second-order valence-corrected chi connectivity index (χ2v) is 8.01. The van der Waals surface area contributed by atoms with Crippen molar-refractivity contribution in [3.05, 3.63) is 65.2 Å². The highest BCUT2D eigenvalue weighted by atomic mass is 32.1. The molecule has 1 aromatic heterocycles. The summed E-state index contributed by atoms with van der Waals surface area (Å²) < 4.78 is 16.5. The van der Waals surface area contributed by atoms with Gasteiger partial charge in [0.15, 0.2) is 28.2 Å². The molecule has 0 spiro atoms. The van der Waals surface area contributed by atoms with Gasteiger partial charge in [0.25, 0.3) is 0 Å². The van der Waals surface area contributed by atoms with E-state index in [0.717, 1.165) is 43.5 Å². The molecule has 0 N–H and O–H groups in total. The molecule has 1 saturated heterocycles. The van der Waals surface area contributed by atoms with Crippen molar-refractivity contribution in [3.63, 3.8) is 0 Å². The number of rotatable bonds is 4. The van der Waals surface area contributed by atoms with Crippen molar-refractivity contribution < 1.29 is 9.47 Å². The van der Waals surface area contributed by atoms with Crippen LogP contribution in [0, 0.1) is 4.77 Å². The summed E-state index contributed by atoms with van der Waals surface area (Å²) in [7, 11) is 1.94. The van der Waals surface area contributed by atoms with Crippen molar-refractivity contribution in [1.82, 2.24) is 19.2 Å². The third kappa shape index (κ3) is 3.68. The quantitative estimate of drug-likeness (QED) is 0.601. The third-order valence-electron chi connectivity index (χ3n) is 5.70. The van der Waals surface area contributed by atoms with Gasteiger partial charge in [0.1, 0.15) is 6.61 Å². The van der Waals surface area contributed by atoms with Gasteiger partial charge in [-0.15, -0.1) is 0 Å². The topological polar surface area (TPSA) is 47.7 Å². The minimum absolute atomic E-state index is 0.275. The van der Waals surface area contributed by atoms with Crippen molar-refractivity contribution in [2.75, 3.05) is 37.7 Å². The number of aromatic nitrogens is 3. The summed E-state index contributed by atoms with van der Waals surface area (Å²) in [6.45, 7) is 5.03. The summed E-state index contributed by atoms with van der Waals surface area (Å²) in [5.74, 6) is 2.30. The molecule has 0 bridgehead atoms. The highest BCUT2D eigenvalue weighted by Crippen LogP contribution is 2.35. The summed E-state index contributed by atoms with van der Waals surface area (Å²) in [6, 6.07) is 18.3. The highest BCUT2D eigenvalue weighted by molar-refractivity contribution is 7.71. The predicted molar refractivity (Wildman–Crippen MR) is 118 cm³/mol. The van der Waals surface area contributed by atoms with Crippen molar-refractivity contribution in [3.8, 4) is 11.5 Å². The van der Waals surface area contributed by atoms with Gasteiger partial charge in [0.2, 0.25) is 0 Å². The van der Waals surface area contributed by atoms with Crippen LogP contribution in [0.5, 0.6) is 11.5 Å². The van der Waals surface area contributed by atoms with Crippen LogP contribution < -0.4 is 14.4 Å². The molecular weight excluding hydrogens is 398 g/mol. The molecule has 1 unspecified atom stereocenters. The molecule has 0 amide bonds. The molecule has 2 aromatic carbocycles. The standard InChI is InChI=1S/C22H25N5O2S/c1-24-21(20-15-28-18-9-5-6-10-19(18)29-20)23-27(22(24)30)16-25-11-13-26(14-12-25)17-7-3-2-4-8-17/h2-10,20H,11-16H2,1H3. The molecule has 2 aliphatic heterocycles. The first kappa shape index (κ1) is 19.1. The van der Waals surface area contributed by atoms with Crippen LogP contribution in [0.2, 0.25) is 0 Å². The van der Waals surface area contributed by atoms with Crippen LogP contribution in [0.1, 0.15) is 11.9 Å². The molecule has 1 fully saturated rings. The number of fused-ring (bicyclic) bond motifs is 1. The van der Waals surface area contributed by atoms with Gasteiger partial charge in [-0.2, -0.15) is 5.10 Å². The second kappa shape index (κ2) is 8.12. The van der Waals surface area contributed by atoms with Crippen molar-refractivity contribution >= 4 is 17.9 Å². The SMILES string of the molecule is Cn1c(C2COc3ccccc3O2)nn(CN2CCN(c3ccccc3)CC2)c1=S. The average Bonchev–Trinajstić information content (AvgIpc) is 3.08. The van der Waals surface area contributed by atoms with E-state index in [0.29, 0.717) is 18.0 Å². The number of para-hydroxylation sites is 3. The summed E-state index contributed by atoms with van der Waals surface area (Å²) in [5, 5.41) is 4.79. The zero-order chi connectivity index (χ0) is 20.5. The van der Waals surface area contributed by atoms with E-state index >= 15 is 0 Å². The Morgan fingerprint density at radius 2 is 1.67 bits per heavy atom. The maximum atomic E-state index is 6.13. The maximum Gasteiger partial charge on any atom is 0.198 e. The number of anilines is 1. The van der Waals surface area contributed by atoms with E-state index in [4.69, 9.17) is 26.8 Å². The first-order valence-electron chi connectivity index (χ1n) is 10.2. The molecule has 0 radical (unpaired) electrons. The van der Waals surface area contributed by atoms with E-state index in [2.05, 4.69) is 40.1 Å². The van der Waals surface area contributed by atoms with Crippen molar-refractivity contribution in [2.24, 2.45) is 7.05 Å². The second-order valence-electron chi connectivity index (χ2n) is 7.65. The Kier molecular flexibility index (Phi) is 5.18. The average molecular weight is 424 g/mol. The van der Waals surface area contributed by atoms with Gasteiger partial charge in [-0.3, -0.25) is 4.90 Å². The van der Waals surface area contributed by atoms with Gasteiger partial charge < -0.3 is 18.9 Å². The van der Waals surface area contributed by atoms with Gasteiger partial charge in [0, 0.05) is 38.9 Å². The van der Waals surface area contributed by atoms with E-state index in [1.54, 1.807) is 0 Å². The van der Waals surface area contributed by atoms with Crippen LogP contribution in [-0.4, -0.2) is 52.0 Å². The van der Waals surface area contributed by atoms with Crippen LogP contribution >= 0.6 is 12.2 Å². The Morgan fingerprint density at radius 1 is 0.967 bits per heavy atom. The molecule has 0 saturated carbocycles. The lowest BCUT2D eigenvalue weighted by molar-refractivity contribution is 0.0820. The van der Waals surface area contributed by atoms with Crippen LogP contribution in [0.25, 0.3) is 0 Å². The predicted octanol–water partition coefficient (Wildman–Crippen LogP) is 3.24. The Labute approximate surface area is 181 Å². The number of benzene rings is 2. The van der Waals surface area contributed by atoms with E-state index in [-0.39, 0.29) is 6.10 Å². The van der Waals surface area contributed by atoms with E-state index in [9.17, 15) is 0 Å². The Balaban J connectivity index is 1.26. The molecule has 3 aromatic rings. The molecule has 2 aliphatic rings. The van der Waals surface area contributed by atoms with E-state index in [1.165, 1.54) is 5.69 Å². The van der Waals surface area contributed by atoms with Gasteiger partial charge >= 0.3 is 0 Å². The molecule has 3 heterocycles. The molecule has 156 valence electrons. The van der Waals surface area contributed by atoms with Crippen LogP contribution in [0.15, 0.2) is 54.6 Å². The molecule has 8 heteroatoms. The zero-order valence-corrected chi connectivity index (χ0v) is 17.8. The van der Waals surface area contributed by atoms with E-state index < -0.39 is 0 Å². The van der Waals surface area contributed by atoms with Gasteiger partial charge in [0.05, 0.1) is 6.67 Å². The largest absolute Gasteiger partial charge is 0.485 e. The fourth-order valence-electron chi connectivity index (χ4n) is 4.00. The Hall–Kier alpha value is -2.84. The Morgan fingerprint density at radius 3 is 2.43 bits per heavy atom. The zero-order valence-electron chi connectivity index (χ0n) is 17.0. The smallest absolute Gasteiger partial charge is 0.198 e. The minimum atomic E-state index is -0.275. The molecule has 5 rings (SSSR count). The summed E-state index contributed by atoms with van der Waals surface area (Å²) >= 11 is 5.66. The third-order valence-corrected chi connectivity index (χ3v) is 6.18. The number of piperazine rings is 1. The van der Waals surface area contributed by atoms with Gasteiger partial charge in [-0.1, -0.05) is 30.3 Å². The fraction of sp³-hybridized carbons (Fsp3) is 0.364. The summed E-state index contributed by atoms with van der Waals surface area (Å²) in [6.07, 6.45) is -0.275. The molecule has 7 nitrogen and oxygen atoms in total. The van der Waals surface area contributed by atoms with Gasteiger partial charge in [-0.05, 0) is 36.5 Å². The Bertz CT molecular complexity index is 1070. The molecular formula is C22H25N5O2S. The van der Waals surface area contributed by atoms with Crippen molar-refractivity contribution in [2.45, 2.75) is 12.8 Å². The van der Waals surface area contributed by atoms with Crippen molar-refractivity contribution in [1.29, 1.82) is 0 Å². The monoisotopic (exact) mass is 423 g/mol. The summed E-state index contributed by atoms with van der Waals surface area (Å²) in [5.41, 5.74) is 1.28. The van der Waals surface area contributed by atoms with Crippen LogP contribution in [-0.2, 0) is 13.7 Å². The van der Waals surface area contributed by atoms with Crippen LogP contribution in [0.3, 0.4) is 0 Å². The molecule has 1 atom stereocenters. The van der Waals surface area contributed by atoms with Gasteiger partial charge in [-0.25, -0.2) is 4.68 Å². The normalized spacial score (nSPS) is 19.1. The number of ether oxygens (including phenoxy) is 2. The highest BCUT2D eigenvalue weighted by Gasteiger charge is 2.28. The first-order valence-corrected chi connectivity index (χ1v) is 10.6. The number of hydrogen-bond donors (Lipinski definition) is 0. The lowest BCUT2D eigenvalue weighted by atomic mass is 10.2. The molecule has 0 aliphatic carbocycles. The first-order chi connectivity index (χ1) is 14.7. The van der Waals surface area contributed by atoms with E-state index in [1.807, 2.05) is 40.6 Å².